The lowest BCUT2D eigenvalue weighted by Crippen LogP contribution is -2.09. The van der Waals surface area contributed by atoms with E-state index in [2.05, 4.69) is 0 Å². The molecule has 0 aliphatic heterocycles. The third kappa shape index (κ3) is 4.10. The molecule has 0 amide bonds. The van der Waals surface area contributed by atoms with Gasteiger partial charge < -0.3 is 15.9 Å². The lowest BCUT2D eigenvalue weighted by atomic mass is 10.2. The normalized spacial score (nSPS) is 11.2. The smallest absolute Gasteiger partial charge is 0.331 e. The minimum absolute atomic E-state index is 0.0711. The van der Waals surface area contributed by atoms with Crippen molar-refractivity contribution in [1.29, 1.82) is 0 Å². The Morgan fingerprint density at radius 2 is 1.91 bits per heavy atom. The fraction of sp³-hybridized carbons (Fsp3) is 0.333. The van der Waals surface area contributed by atoms with E-state index < -0.39 is 11.9 Å². The molecule has 0 heterocycles. The Kier molecular flexibility index (Phi) is 3.90. The number of carboxylic acids is 2. The fourth-order valence-corrected chi connectivity index (χ4v) is 0.545. The first-order valence-corrected chi connectivity index (χ1v) is 2.94. The second-order valence-corrected chi connectivity index (χ2v) is 1.85. The van der Waals surface area contributed by atoms with E-state index in [-0.39, 0.29) is 18.5 Å². The van der Waals surface area contributed by atoms with Crippen molar-refractivity contribution in [2.24, 2.45) is 5.73 Å². The van der Waals surface area contributed by atoms with E-state index in [0.29, 0.717) is 6.08 Å². The van der Waals surface area contributed by atoms with E-state index >= 15 is 0 Å². The number of hydrogen-bond acceptors (Lipinski definition) is 3. The first-order chi connectivity index (χ1) is 5.07. The standard InChI is InChI=1S/C6H9NO4/c7-2-1-4(6(10)11)3-5(8)9/h3H,1-2,7H2,(H,8,9)(H,10,11)/b4-3-. The van der Waals surface area contributed by atoms with Gasteiger partial charge in [0.1, 0.15) is 0 Å². The Balaban J connectivity index is 4.32. The maximum atomic E-state index is 10.2. The van der Waals surface area contributed by atoms with Gasteiger partial charge in [-0.3, -0.25) is 0 Å². The summed E-state index contributed by atoms with van der Waals surface area (Å²) in [6.45, 7) is 0.130. The van der Waals surface area contributed by atoms with Crippen LogP contribution in [0.25, 0.3) is 0 Å². The van der Waals surface area contributed by atoms with Crippen LogP contribution in [0.5, 0.6) is 0 Å². The van der Waals surface area contributed by atoms with E-state index in [1.54, 1.807) is 0 Å². The Labute approximate surface area is 63.1 Å². The van der Waals surface area contributed by atoms with Crippen LogP contribution in [0, 0.1) is 0 Å². The molecule has 0 saturated heterocycles. The van der Waals surface area contributed by atoms with Gasteiger partial charge in [0.2, 0.25) is 0 Å². The van der Waals surface area contributed by atoms with Gasteiger partial charge in [0.05, 0.1) is 0 Å². The Bertz CT molecular complexity index is 197. The van der Waals surface area contributed by atoms with Crippen molar-refractivity contribution in [3.05, 3.63) is 11.6 Å². The molecular weight excluding hydrogens is 150 g/mol. The number of carbonyl (C=O) groups is 2. The second-order valence-electron chi connectivity index (χ2n) is 1.85. The lowest BCUT2D eigenvalue weighted by molar-refractivity contribution is -0.135. The Morgan fingerprint density at radius 1 is 1.36 bits per heavy atom. The number of aliphatic carboxylic acids is 2. The summed E-state index contributed by atoms with van der Waals surface area (Å²) < 4.78 is 0. The largest absolute Gasteiger partial charge is 0.478 e. The molecule has 62 valence electrons. The van der Waals surface area contributed by atoms with E-state index in [4.69, 9.17) is 15.9 Å². The monoisotopic (exact) mass is 159 g/mol. The highest BCUT2D eigenvalue weighted by Crippen LogP contribution is 1.98. The Morgan fingerprint density at radius 3 is 2.18 bits per heavy atom. The number of hydrogen-bond donors (Lipinski definition) is 3. The molecule has 0 aliphatic carbocycles. The maximum absolute atomic E-state index is 10.2. The predicted molar refractivity (Wildman–Crippen MR) is 37.0 cm³/mol. The molecule has 0 rings (SSSR count). The molecule has 11 heavy (non-hydrogen) atoms. The first-order valence-electron chi connectivity index (χ1n) is 2.94. The molecule has 0 unspecified atom stereocenters. The maximum Gasteiger partial charge on any atom is 0.331 e. The average molecular weight is 159 g/mol. The van der Waals surface area contributed by atoms with E-state index in [0.717, 1.165) is 0 Å². The van der Waals surface area contributed by atoms with Crippen LogP contribution >= 0.6 is 0 Å². The van der Waals surface area contributed by atoms with Crippen LogP contribution in [0.3, 0.4) is 0 Å². The number of rotatable bonds is 4. The molecule has 0 radical (unpaired) electrons. The first kappa shape index (κ1) is 9.64. The van der Waals surface area contributed by atoms with Crippen molar-refractivity contribution in [1.82, 2.24) is 0 Å². The summed E-state index contributed by atoms with van der Waals surface area (Å²) in [6, 6.07) is 0. The van der Waals surface area contributed by atoms with E-state index in [1.165, 1.54) is 0 Å². The summed E-state index contributed by atoms with van der Waals surface area (Å²) in [7, 11) is 0. The Hall–Kier alpha value is -1.36. The van der Waals surface area contributed by atoms with Gasteiger partial charge in [-0.2, -0.15) is 0 Å². The third-order valence-electron chi connectivity index (χ3n) is 0.986. The van der Waals surface area contributed by atoms with Gasteiger partial charge >= 0.3 is 11.9 Å². The van der Waals surface area contributed by atoms with Crippen LogP contribution in [0.2, 0.25) is 0 Å². The summed E-state index contributed by atoms with van der Waals surface area (Å²) >= 11 is 0. The quantitative estimate of drug-likeness (QED) is 0.477. The molecule has 0 bridgehead atoms. The van der Waals surface area contributed by atoms with Crippen LogP contribution in [0.15, 0.2) is 11.6 Å². The van der Waals surface area contributed by atoms with Crippen molar-refractivity contribution in [2.45, 2.75) is 6.42 Å². The zero-order chi connectivity index (χ0) is 8.85. The highest BCUT2D eigenvalue weighted by Gasteiger charge is 2.07. The van der Waals surface area contributed by atoms with Gasteiger partial charge in [-0.15, -0.1) is 0 Å². The predicted octanol–water partition coefficient (Wildman–Crippen LogP) is -0.569. The second kappa shape index (κ2) is 4.45. The zero-order valence-electron chi connectivity index (χ0n) is 5.78. The van der Waals surface area contributed by atoms with Crippen molar-refractivity contribution >= 4 is 11.9 Å². The van der Waals surface area contributed by atoms with Crippen LogP contribution in [0.4, 0.5) is 0 Å². The van der Waals surface area contributed by atoms with Crippen molar-refractivity contribution in [3.63, 3.8) is 0 Å². The molecule has 5 nitrogen and oxygen atoms in total. The molecule has 0 aromatic heterocycles. The molecule has 0 aromatic rings. The molecule has 0 aromatic carbocycles. The molecule has 0 saturated carbocycles. The van der Waals surface area contributed by atoms with Gasteiger partial charge in [0.15, 0.2) is 0 Å². The minimum atomic E-state index is -1.27. The molecule has 5 heteroatoms. The number of carboxylic acid groups (broad SMARTS) is 2. The van der Waals surface area contributed by atoms with Gasteiger partial charge in [-0.25, -0.2) is 9.59 Å². The molecule has 0 aliphatic rings. The van der Waals surface area contributed by atoms with E-state index in [1.807, 2.05) is 0 Å². The SMILES string of the molecule is NCC/C(=C/C(=O)O)C(=O)O. The molecule has 4 N–H and O–H groups in total. The highest BCUT2D eigenvalue weighted by atomic mass is 16.4. The number of nitrogens with two attached hydrogens (primary N) is 1. The fourth-order valence-electron chi connectivity index (χ4n) is 0.545. The van der Waals surface area contributed by atoms with Gasteiger partial charge in [-0.1, -0.05) is 0 Å². The van der Waals surface area contributed by atoms with Crippen molar-refractivity contribution < 1.29 is 19.8 Å². The third-order valence-corrected chi connectivity index (χ3v) is 0.986. The van der Waals surface area contributed by atoms with E-state index in [9.17, 15) is 9.59 Å². The van der Waals surface area contributed by atoms with Gasteiger partial charge in [0, 0.05) is 11.6 Å². The summed E-state index contributed by atoms with van der Waals surface area (Å²) in [5, 5.41) is 16.5. The summed E-state index contributed by atoms with van der Waals surface area (Å²) in [5.74, 6) is -2.51. The van der Waals surface area contributed by atoms with Crippen LogP contribution in [0.1, 0.15) is 6.42 Å². The molecule has 0 spiro atoms. The summed E-state index contributed by atoms with van der Waals surface area (Å²) in [6.07, 6.45) is 0.719. The van der Waals surface area contributed by atoms with Crippen LogP contribution in [-0.4, -0.2) is 28.7 Å². The molecule has 0 fully saturated rings. The van der Waals surface area contributed by atoms with Crippen molar-refractivity contribution in [2.75, 3.05) is 6.54 Å². The molecule has 0 atom stereocenters. The summed E-state index contributed by atoms with van der Waals surface area (Å²) in [5.41, 5.74) is 4.87. The summed E-state index contributed by atoms with van der Waals surface area (Å²) in [4.78, 5) is 20.2. The van der Waals surface area contributed by atoms with Gasteiger partial charge in [-0.05, 0) is 13.0 Å². The average Bonchev–Trinajstić information content (AvgIpc) is 1.86. The highest BCUT2D eigenvalue weighted by molar-refractivity contribution is 5.94. The van der Waals surface area contributed by atoms with Crippen molar-refractivity contribution in [3.8, 4) is 0 Å². The zero-order valence-corrected chi connectivity index (χ0v) is 5.78. The van der Waals surface area contributed by atoms with Gasteiger partial charge in [0.25, 0.3) is 0 Å². The van der Waals surface area contributed by atoms with Crippen LogP contribution < -0.4 is 5.73 Å². The topological polar surface area (TPSA) is 101 Å². The lowest BCUT2D eigenvalue weighted by Gasteiger charge is -1.95. The minimum Gasteiger partial charge on any atom is -0.478 e. The molecular formula is C6H9NO4. The van der Waals surface area contributed by atoms with Crippen LogP contribution in [-0.2, 0) is 9.59 Å².